The Morgan fingerprint density at radius 1 is 1.42 bits per heavy atom. The van der Waals surface area contributed by atoms with Crippen LogP contribution in [0.5, 0.6) is 5.75 Å². The van der Waals surface area contributed by atoms with E-state index in [0.717, 1.165) is 39.3 Å². The highest BCUT2D eigenvalue weighted by atomic mass is 79.9. The number of nitrogens with zero attached hydrogens (tertiary/aromatic N) is 2. The van der Waals surface area contributed by atoms with E-state index in [1.54, 1.807) is 0 Å². The van der Waals surface area contributed by atoms with Crippen molar-refractivity contribution in [3.05, 3.63) is 39.6 Å². The quantitative estimate of drug-likeness (QED) is 0.879. The van der Waals surface area contributed by atoms with E-state index in [1.807, 2.05) is 36.9 Å². The fourth-order valence-corrected chi connectivity index (χ4v) is 2.64. The molecule has 2 aromatic rings. The predicted octanol–water partition coefficient (Wildman–Crippen LogP) is 3.21. The molecule has 1 heterocycles. The highest BCUT2D eigenvalue weighted by molar-refractivity contribution is 9.10. The van der Waals surface area contributed by atoms with E-state index in [2.05, 4.69) is 28.0 Å². The van der Waals surface area contributed by atoms with Gasteiger partial charge in [-0.25, -0.2) is 0 Å². The molecule has 0 amide bonds. The lowest BCUT2D eigenvalue weighted by Crippen LogP contribution is -2.05. The lowest BCUT2D eigenvalue weighted by Gasteiger charge is -2.11. The Kier molecular flexibility index (Phi) is 4.14. The monoisotopic (exact) mass is 323 g/mol. The third-order valence-corrected chi connectivity index (χ3v) is 4.11. The lowest BCUT2D eigenvalue weighted by molar-refractivity contribution is 0.292. The molecule has 0 aliphatic rings. The lowest BCUT2D eigenvalue weighted by atomic mass is 10.2. The standard InChI is InChI=1S/C14H18BrN3O/c1-4-11-14(15)12(18(3)17-11)8-19-13-7-5-6-10(16)9(13)2/h5-7H,4,8,16H2,1-3H3. The second-order valence-corrected chi connectivity index (χ2v) is 5.24. The summed E-state index contributed by atoms with van der Waals surface area (Å²) in [5.74, 6) is 0.811. The van der Waals surface area contributed by atoms with Crippen molar-refractivity contribution in [2.45, 2.75) is 26.9 Å². The van der Waals surface area contributed by atoms with Gasteiger partial charge in [0, 0.05) is 18.3 Å². The van der Waals surface area contributed by atoms with Gasteiger partial charge in [-0.1, -0.05) is 13.0 Å². The minimum atomic E-state index is 0.467. The van der Waals surface area contributed by atoms with E-state index in [-0.39, 0.29) is 0 Å². The average molecular weight is 324 g/mol. The van der Waals surface area contributed by atoms with Crippen molar-refractivity contribution in [1.82, 2.24) is 9.78 Å². The number of nitrogens with two attached hydrogens (primary N) is 1. The van der Waals surface area contributed by atoms with Gasteiger partial charge in [0.1, 0.15) is 12.4 Å². The van der Waals surface area contributed by atoms with Gasteiger partial charge < -0.3 is 10.5 Å². The summed E-state index contributed by atoms with van der Waals surface area (Å²) in [6.07, 6.45) is 0.895. The van der Waals surface area contributed by atoms with Crippen LogP contribution in [0.4, 0.5) is 5.69 Å². The van der Waals surface area contributed by atoms with Crippen molar-refractivity contribution in [3.63, 3.8) is 0 Å². The molecule has 5 heteroatoms. The smallest absolute Gasteiger partial charge is 0.131 e. The third kappa shape index (κ3) is 2.76. The number of hydrogen-bond acceptors (Lipinski definition) is 3. The van der Waals surface area contributed by atoms with Crippen LogP contribution in [0.25, 0.3) is 0 Å². The molecule has 0 fully saturated rings. The Morgan fingerprint density at radius 2 is 2.16 bits per heavy atom. The average Bonchev–Trinajstić information content (AvgIpc) is 2.66. The number of ether oxygens (including phenoxy) is 1. The van der Waals surface area contributed by atoms with Gasteiger partial charge in [-0.3, -0.25) is 4.68 Å². The first kappa shape index (κ1) is 13.9. The van der Waals surface area contributed by atoms with E-state index in [0.29, 0.717) is 6.61 Å². The second kappa shape index (κ2) is 5.65. The molecule has 4 nitrogen and oxygen atoms in total. The summed E-state index contributed by atoms with van der Waals surface area (Å²) in [7, 11) is 1.93. The fraction of sp³-hybridized carbons (Fsp3) is 0.357. The Hall–Kier alpha value is -1.49. The number of halogens is 1. The van der Waals surface area contributed by atoms with E-state index in [4.69, 9.17) is 10.5 Å². The number of anilines is 1. The summed E-state index contributed by atoms with van der Waals surface area (Å²) in [5.41, 5.74) is 9.66. The second-order valence-electron chi connectivity index (χ2n) is 4.44. The van der Waals surface area contributed by atoms with Crippen LogP contribution in [0, 0.1) is 6.92 Å². The zero-order valence-corrected chi connectivity index (χ0v) is 13.0. The molecule has 0 aliphatic heterocycles. The van der Waals surface area contributed by atoms with E-state index < -0.39 is 0 Å². The molecule has 102 valence electrons. The van der Waals surface area contributed by atoms with Crippen LogP contribution in [0.15, 0.2) is 22.7 Å². The summed E-state index contributed by atoms with van der Waals surface area (Å²) >= 11 is 3.58. The van der Waals surface area contributed by atoms with Crippen LogP contribution in [0.3, 0.4) is 0 Å². The molecule has 0 atom stereocenters. The Labute approximate surface area is 121 Å². The van der Waals surface area contributed by atoms with E-state index in [9.17, 15) is 0 Å². The maximum atomic E-state index is 5.87. The van der Waals surface area contributed by atoms with Gasteiger partial charge in [-0.15, -0.1) is 0 Å². The molecule has 0 unspecified atom stereocenters. The number of hydrogen-bond donors (Lipinski definition) is 1. The number of rotatable bonds is 4. The highest BCUT2D eigenvalue weighted by Gasteiger charge is 2.13. The molecule has 0 saturated heterocycles. The molecule has 19 heavy (non-hydrogen) atoms. The summed E-state index contributed by atoms with van der Waals surface area (Å²) in [4.78, 5) is 0. The summed E-state index contributed by atoms with van der Waals surface area (Å²) in [6.45, 7) is 4.51. The maximum Gasteiger partial charge on any atom is 0.131 e. The first-order valence-corrected chi connectivity index (χ1v) is 7.02. The molecule has 0 radical (unpaired) electrons. The normalized spacial score (nSPS) is 10.7. The topological polar surface area (TPSA) is 53.1 Å². The first-order valence-electron chi connectivity index (χ1n) is 6.22. The molecule has 2 rings (SSSR count). The summed E-state index contributed by atoms with van der Waals surface area (Å²) in [6, 6.07) is 5.70. The Morgan fingerprint density at radius 3 is 2.79 bits per heavy atom. The van der Waals surface area contributed by atoms with Gasteiger partial charge >= 0.3 is 0 Å². The van der Waals surface area contributed by atoms with E-state index >= 15 is 0 Å². The SMILES string of the molecule is CCc1nn(C)c(COc2cccc(N)c2C)c1Br. The molecule has 1 aromatic carbocycles. The van der Waals surface area contributed by atoms with Gasteiger partial charge in [0.15, 0.2) is 0 Å². The van der Waals surface area contributed by atoms with Crippen LogP contribution in [0.1, 0.15) is 23.9 Å². The van der Waals surface area contributed by atoms with Gasteiger partial charge in [-0.2, -0.15) is 5.10 Å². The maximum absolute atomic E-state index is 5.87. The molecular formula is C14H18BrN3O. The summed E-state index contributed by atoms with van der Waals surface area (Å²) in [5, 5.41) is 4.45. The van der Waals surface area contributed by atoms with Crippen LogP contribution in [-0.4, -0.2) is 9.78 Å². The zero-order valence-electron chi connectivity index (χ0n) is 11.4. The highest BCUT2D eigenvalue weighted by Crippen LogP contribution is 2.26. The predicted molar refractivity (Wildman–Crippen MR) is 80.2 cm³/mol. The number of benzene rings is 1. The van der Waals surface area contributed by atoms with Crippen LogP contribution >= 0.6 is 15.9 Å². The van der Waals surface area contributed by atoms with Crippen molar-refractivity contribution < 1.29 is 4.74 Å². The van der Waals surface area contributed by atoms with Crippen molar-refractivity contribution in [3.8, 4) is 5.75 Å². The summed E-state index contributed by atoms with van der Waals surface area (Å²) < 4.78 is 8.73. The Bertz CT molecular complexity index is 593. The largest absolute Gasteiger partial charge is 0.487 e. The van der Waals surface area contributed by atoms with E-state index in [1.165, 1.54) is 0 Å². The molecule has 0 saturated carbocycles. The number of aryl methyl sites for hydroxylation is 2. The minimum absolute atomic E-state index is 0.467. The van der Waals surface area contributed by atoms with Gasteiger partial charge in [0.2, 0.25) is 0 Å². The van der Waals surface area contributed by atoms with Crippen LogP contribution in [0.2, 0.25) is 0 Å². The fourth-order valence-electron chi connectivity index (χ4n) is 1.91. The molecule has 0 bridgehead atoms. The minimum Gasteiger partial charge on any atom is -0.487 e. The molecule has 0 aliphatic carbocycles. The van der Waals surface area contributed by atoms with Gasteiger partial charge in [-0.05, 0) is 41.4 Å². The molecule has 2 N–H and O–H groups in total. The van der Waals surface area contributed by atoms with Crippen LogP contribution < -0.4 is 10.5 Å². The zero-order chi connectivity index (χ0) is 14.0. The van der Waals surface area contributed by atoms with Gasteiger partial charge in [0.25, 0.3) is 0 Å². The molecule has 0 spiro atoms. The number of aromatic nitrogens is 2. The molecular weight excluding hydrogens is 306 g/mol. The Balaban J connectivity index is 2.19. The van der Waals surface area contributed by atoms with Crippen molar-refractivity contribution in [2.75, 3.05) is 5.73 Å². The number of nitrogen functional groups attached to an aromatic ring is 1. The molecule has 1 aromatic heterocycles. The first-order chi connectivity index (χ1) is 9.04. The third-order valence-electron chi connectivity index (χ3n) is 3.19. The van der Waals surface area contributed by atoms with Crippen LogP contribution in [-0.2, 0) is 20.1 Å². The van der Waals surface area contributed by atoms with Crippen molar-refractivity contribution in [2.24, 2.45) is 7.05 Å². The van der Waals surface area contributed by atoms with Crippen molar-refractivity contribution >= 4 is 21.6 Å². The van der Waals surface area contributed by atoms with Crippen molar-refractivity contribution in [1.29, 1.82) is 0 Å². The van der Waals surface area contributed by atoms with Gasteiger partial charge in [0.05, 0.1) is 15.9 Å².